The molecule has 1 fully saturated rings. The third kappa shape index (κ3) is 4.34. The number of methoxy groups -OCH3 is 1. The standard InChI is InChI=1S/C23H30O10/c1-10-19(26)20(27)16(8-24)33-22(10)30-9-11-5-13(25)18-15(31-11)7-14-12(21(18)29-4)6-17(32-14)23(2,3)28/h5,7,10,16-17,19-20,22,24,26-28H,6,8-9H2,1-4H3/t10-,16-,17+,19+,20-,22-/m1/s1. The Morgan fingerprint density at radius 1 is 1.21 bits per heavy atom. The van der Waals surface area contributed by atoms with Crippen molar-refractivity contribution in [3.8, 4) is 11.5 Å². The van der Waals surface area contributed by atoms with Crippen LogP contribution < -0.4 is 14.9 Å². The van der Waals surface area contributed by atoms with Gasteiger partial charge in [-0.2, -0.15) is 0 Å². The van der Waals surface area contributed by atoms with Crippen LogP contribution in [0, 0.1) is 5.92 Å². The van der Waals surface area contributed by atoms with Crippen molar-refractivity contribution < 1.29 is 43.8 Å². The number of hydrogen-bond acceptors (Lipinski definition) is 10. The minimum absolute atomic E-state index is 0.145. The second-order valence-electron chi connectivity index (χ2n) is 9.18. The normalized spacial score (nSPS) is 29.7. The lowest BCUT2D eigenvalue weighted by Crippen LogP contribution is -2.55. The smallest absolute Gasteiger partial charge is 0.196 e. The first kappa shape index (κ1) is 23.9. The zero-order valence-corrected chi connectivity index (χ0v) is 19.0. The molecule has 1 aromatic heterocycles. The van der Waals surface area contributed by atoms with E-state index >= 15 is 0 Å². The van der Waals surface area contributed by atoms with Crippen molar-refractivity contribution in [2.45, 2.75) is 70.1 Å². The lowest BCUT2D eigenvalue weighted by atomic mass is 9.92. The zero-order valence-electron chi connectivity index (χ0n) is 19.0. The quantitative estimate of drug-likeness (QED) is 0.473. The van der Waals surface area contributed by atoms with Crippen LogP contribution in [0.5, 0.6) is 11.5 Å². The number of benzene rings is 1. The van der Waals surface area contributed by atoms with E-state index in [1.54, 1.807) is 26.8 Å². The molecular weight excluding hydrogens is 436 g/mol. The summed E-state index contributed by atoms with van der Waals surface area (Å²) in [4.78, 5) is 12.9. The molecule has 0 unspecified atom stereocenters. The lowest BCUT2D eigenvalue weighted by Gasteiger charge is -2.40. The first-order chi connectivity index (χ1) is 15.5. The molecule has 182 valence electrons. The molecule has 6 atom stereocenters. The molecule has 2 aromatic rings. The molecule has 2 aliphatic heterocycles. The highest BCUT2D eigenvalue weighted by molar-refractivity contribution is 5.87. The minimum atomic E-state index is -1.23. The summed E-state index contributed by atoms with van der Waals surface area (Å²) in [5.74, 6) is 0.455. The van der Waals surface area contributed by atoms with Crippen LogP contribution in [0.2, 0.25) is 0 Å². The van der Waals surface area contributed by atoms with E-state index in [0.29, 0.717) is 23.5 Å². The van der Waals surface area contributed by atoms with Gasteiger partial charge in [-0.25, -0.2) is 0 Å². The predicted octanol–water partition coefficient (Wildman–Crippen LogP) is 0.468. The molecule has 0 aliphatic carbocycles. The summed E-state index contributed by atoms with van der Waals surface area (Å²) in [5.41, 5.74) is -0.481. The van der Waals surface area contributed by atoms with E-state index in [2.05, 4.69) is 0 Å². The maximum Gasteiger partial charge on any atom is 0.196 e. The molecule has 10 heteroatoms. The SMILES string of the molecule is COc1c2c(cc3oc(CO[C@@H]4O[C@H](CO)[C@@H](O)[C@@H](O)[C@H]4C)cc(=O)c13)O[C@H](C(C)(C)O)C2. The van der Waals surface area contributed by atoms with Crippen LogP contribution in [-0.2, 0) is 22.5 Å². The number of aliphatic hydroxyl groups is 4. The lowest BCUT2D eigenvalue weighted by molar-refractivity contribution is -0.286. The van der Waals surface area contributed by atoms with Gasteiger partial charge in [0, 0.05) is 30.0 Å². The molecule has 10 nitrogen and oxygen atoms in total. The molecular formula is C23H30O10. The second kappa shape index (κ2) is 8.86. The zero-order chi connectivity index (χ0) is 24.1. The van der Waals surface area contributed by atoms with Crippen molar-refractivity contribution >= 4 is 11.0 Å². The fourth-order valence-electron chi connectivity index (χ4n) is 4.30. The fraction of sp³-hybridized carbons (Fsp3) is 0.609. The van der Waals surface area contributed by atoms with E-state index in [1.165, 1.54) is 13.2 Å². The van der Waals surface area contributed by atoms with Crippen LogP contribution in [0.3, 0.4) is 0 Å². The highest BCUT2D eigenvalue weighted by atomic mass is 16.7. The Morgan fingerprint density at radius 2 is 1.94 bits per heavy atom. The molecule has 4 rings (SSSR count). The molecule has 1 saturated heterocycles. The van der Waals surface area contributed by atoms with Crippen LogP contribution >= 0.6 is 0 Å². The summed E-state index contributed by atoms with van der Waals surface area (Å²) in [6.07, 6.45) is -4.39. The second-order valence-corrected chi connectivity index (χ2v) is 9.18. The Bertz CT molecular complexity index is 1070. The number of aliphatic hydroxyl groups excluding tert-OH is 3. The summed E-state index contributed by atoms with van der Waals surface area (Å²) < 4.78 is 28.6. The van der Waals surface area contributed by atoms with Crippen LogP contribution in [-0.4, -0.2) is 70.4 Å². The summed E-state index contributed by atoms with van der Waals surface area (Å²) >= 11 is 0. The highest BCUT2D eigenvalue weighted by Gasteiger charge is 2.42. The Morgan fingerprint density at radius 3 is 2.58 bits per heavy atom. The monoisotopic (exact) mass is 466 g/mol. The summed E-state index contributed by atoms with van der Waals surface area (Å²) in [6.45, 7) is 4.33. The van der Waals surface area contributed by atoms with Gasteiger partial charge in [0.05, 0.1) is 25.4 Å². The maximum atomic E-state index is 12.9. The number of hydrogen-bond donors (Lipinski definition) is 4. The average Bonchev–Trinajstić information content (AvgIpc) is 3.20. The van der Waals surface area contributed by atoms with E-state index < -0.39 is 48.8 Å². The molecule has 0 radical (unpaired) electrons. The van der Waals surface area contributed by atoms with Crippen molar-refractivity contribution in [2.75, 3.05) is 13.7 Å². The van der Waals surface area contributed by atoms with Gasteiger partial charge >= 0.3 is 0 Å². The Hall–Kier alpha value is -2.21. The van der Waals surface area contributed by atoms with E-state index in [1.807, 2.05) is 0 Å². The number of rotatable bonds is 6. The van der Waals surface area contributed by atoms with Gasteiger partial charge in [0.15, 0.2) is 11.7 Å². The van der Waals surface area contributed by atoms with Crippen molar-refractivity contribution in [3.63, 3.8) is 0 Å². The third-order valence-electron chi connectivity index (χ3n) is 6.32. The molecule has 0 amide bonds. The molecule has 2 aliphatic rings. The summed E-state index contributed by atoms with van der Waals surface area (Å²) in [5, 5.41) is 40.1. The van der Waals surface area contributed by atoms with Gasteiger partial charge < -0.3 is 43.8 Å². The largest absolute Gasteiger partial charge is 0.495 e. The van der Waals surface area contributed by atoms with Gasteiger partial charge in [-0.1, -0.05) is 6.92 Å². The maximum absolute atomic E-state index is 12.9. The van der Waals surface area contributed by atoms with Gasteiger partial charge in [-0.15, -0.1) is 0 Å². The Labute approximate surface area is 190 Å². The van der Waals surface area contributed by atoms with Crippen molar-refractivity contribution in [3.05, 3.63) is 33.7 Å². The van der Waals surface area contributed by atoms with Gasteiger partial charge in [0.2, 0.25) is 0 Å². The van der Waals surface area contributed by atoms with Gasteiger partial charge in [0.25, 0.3) is 0 Å². The molecule has 0 bridgehead atoms. The van der Waals surface area contributed by atoms with Gasteiger partial charge in [-0.05, 0) is 13.8 Å². The van der Waals surface area contributed by atoms with E-state index in [0.717, 1.165) is 0 Å². The van der Waals surface area contributed by atoms with Crippen LogP contribution in [0.1, 0.15) is 32.1 Å². The molecule has 3 heterocycles. The molecule has 4 N–H and O–H groups in total. The summed E-state index contributed by atoms with van der Waals surface area (Å²) in [6, 6.07) is 2.90. The third-order valence-corrected chi connectivity index (χ3v) is 6.32. The molecule has 1 aromatic carbocycles. The van der Waals surface area contributed by atoms with Crippen molar-refractivity contribution in [2.24, 2.45) is 5.92 Å². The van der Waals surface area contributed by atoms with Gasteiger partial charge in [0.1, 0.15) is 53.1 Å². The Balaban J connectivity index is 1.61. The minimum Gasteiger partial charge on any atom is -0.495 e. The molecule has 0 spiro atoms. The van der Waals surface area contributed by atoms with E-state index in [-0.39, 0.29) is 28.8 Å². The summed E-state index contributed by atoms with van der Waals surface area (Å²) in [7, 11) is 1.46. The number of fused-ring (bicyclic) bond motifs is 2. The first-order valence-corrected chi connectivity index (χ1v) is 10.8. The van der Waals surface area contributed by atoms with Crippen LogP contribution in [0.4, 0.5) is 0 Å². The number of ether oxygens (including phenoxy) is 4. The average molecular weight is 466 g/mol. The van der Waals surface area contributed by atoms with Crippen LogP contribution in [0.15, 0.2) is 21.3 Å². The van der Waals surface area contributed by atoms with Crippen LogP contribution in [0.25, 0.3) is 11.0 Å². The predicted molar refractivity (Wildman–Crippen MR) is 115 cm³/mol. The first-order valence-electron chi connectivity index (χ1n) is 10.8. The van der Waals surface area contributed by atoms with E-state index in [9.17, 15) is 25.2 Å². The molecule has 33 heavy (non-hydrogen) atoms. The highest BCUT2D eigenvalue weighted by Crippen LogP contribution is 2.43. The molecule has 0 saturated carbocycles. The fourth-order valence-corrected chi connectivity index (χ4v) is 4.30. The van der Waals surface area contributed by atoms with E-state index in [4.69, 9.17) is 23.4 Å². The van der Waals surface area contributed by atoms with Crippen molar-refractivity contribution in [1.29, 1.82) is 0 Å². The Kier molecular flexibility index (Phi) is 6.43. The van der Waals surface area contributed by atoms with Gasteiger partial charge in [-0.3, -0.25) is 4.79 Å². The topological polar surface area (TPSA) is 148 Å². The van der Waals surface area contributed by atoms with Crippen molar-refractivity contribution in [1.82, 2.24) is 0 Å².